The molecule has 0 spiro atoms. The first-order chi connectivity index (χ1) is 18.1. The SMILES string of the molecule is CC[C@@H]1CC(C=NS(=O)(=O)C2CC2)C[C@@H]1n1c(N)nc2cnc3c(ccn3S(=O)(=O)c3ccc(C)cc3)c21. The Morgan fingerprint density at radius 1 is 1.11 bits per heavy atom. The van der Waals surface area contributed by atoms with E-state index in [4.69, 9.17) is 5.73 Å². The number of hydrogen-bond donors (Lipinski definition) is 1. The van der Waals surface area contributed by atoms with E-state index in [9.17, 15) is 16.8 Å². The number of aryl methyl sites for hydroxylation is 1. The molecule has 2 N–H and O–H groups in total. The third kappa shape index (κ3) is 4.10. The Hall–Kier alpha value is -3.25. The molecular weight excluding hydrogens is 524 g/mol. The number of aromatic nitrogens is 4. The molecule has 4 aromatic rings. The topological polar surface area (TPSA) is 142 Å². The van der Waals surface area contributed by atoms with Crippen molar-refractivity contribution in [3.8, 4) is 0 Å². The number of nitrogens with two attached hydrogens (primary N) is 1. The molecule has 0 radical (unpaired) electrons. The summed E-state index contributed by atoms with van der Waals surface area (Å²) in [6, 6.07) is 8.42. The van der Waals surface area contributed by atoms with Crippen LogP contribution in [0.4, 0.5) is 5.95 Å². The van der Waals surface area contributed by atoms with Gasteiger partial charge in [-0.1, -0.05) is 31.0 Å². The van der Waals surface area contributed by atoms with Gasteiger partial charge < -0.3 is 10.3 Å². The lowest BCUT2D eigenvalue weighted by atomic mass is 10.00. The number of pyridine rings is 1. The van der Waals surface area contributed by atoms with Gasteiger partial charge in [0.2, 0.25) is 5.95 Å². The molecule has 12 heteroatoms. The van der Waals surface area contributed by atoms with Crippen molar-refractivity contribution in [1.29, 1.82) is 0 Å². The quantitative estimate of drug-likeness (QED) is 0.340. The minimum atomic E-state index is -3.86. The maximum atomic E-state index is 13.5. The summed E-state index contributed by atoms with van der Waals surface area (Å²) in [5.74, 6) is 0.561. The van der Waals surface area contributed by atoms with E-state index in [0.717, 1.165) is 23.9 Å². The molecule has 0 saturated heterocycles. The lowest BCUT2D eigenvalue weighted by Crippen LogP contribution is -2.16. The zero-order valence-corrected chi connectivity index (χ0v) is 22.9. The average Bonchev–Trinajstić information content (AvgIpc) is 3.40. The minimum absolute atomic E-state index is 0.000772. The van der Waals surface area contributed by atoms with Gasteiger partial charge in [-0.15, -0.1) is 0 Å². The van der Waals surface area contributed by atoms with Gasteiger partial charge in [0.25, 0.3) is 20.0 Å². The van der Waals surface area contributed by atoms with Crippen LogP contribution in [-0.2, 0) is 20.0 Å². The average molecular weight is 555 g/mol. The Morgan fingerprint density at radius 2 is 1.84 bits per heavy atom. The van der Waals surface area contributed by atoms with E-state index in [-0.39, 0.29) is 28.0 Å². The van der Waals surface area contributed by atoms with Crippen molar-refractivity contribution >= 4 is 54.3 Å². The monoisotopic (exact) mass is 554 g/mol. The van der Waals surface area contributed by atoms with Gasteiger partial charge in [0.1, 0.15) is 5.52 Å². The van der Waals surface area contributed by atoms with E-state index >= 15 is 0 Å². The maximum absolute atomic E-state index is 13.5. The highest BCUT2D eigenvalue weighted by atomic mass is 32.2. The molecule has 3 aromatic heterocycles. The fraction of sp³-hybridized carbons (Fsp3) is 0.423. The van der Waals surface area contributed by atoms with Crippen LogP contribution in [0.1, 0.15) is 50.6 Å². The van der Waals surface area contributed by atoms with Crippen LogP contribution < -0.4 is 5.73 Å². The number of rotatable bonds is 7. The highest BCUT2D eigenvalue weighted by Gasteiger charge is 2.38. The molecule has 200 valence electrons. The molecule has 3 heterocycles. The molecule has 1 aromatic carbocycles. The van der Waals surface area contributed by atoms with Crippen LogP contribution in [-0.4, -0.2) is 46.8 Å². The van der Waals surface area contributed by atoms with E-state index in [0.29, 0.717) is 41.8 Å². The minimum Gasteiger partial charge on any atom is -0.369 e. The number of hydrogen-bond acceptors (Lipinski definition) is 7. The molecule has 2 aliphatic carbocycles. The highest BCUT2D eigenvalue weighted by molar-refractivity contribution is 7.91. The number of nitrogens with zero attached hydrogens (tertiary/aromatic N) is 5. The summed E-state index contributed by atoms with van der Waals surface area (Å²) >= 11 is 0. The second kappa shape index (κ2) is 8.91. The van der Waals surface area contributed by atoms with Crippen molar-refractivity contribution in [2.75, 3.05) is 5.73 Å². The van der Waals surface area contributed by atoms with Crippen LogP contribution in [0.15, 0.2) is 52.0 Å². The van der Waals surface area contributed by atoms with E-state index in [1.807, 2.05) is 11.5 Å². The zero-order chi connectivity index (χ0) is 26.8. The number of benzene rings is 1. The van der Waals surface area contributed by atoms with E-state index < -0.39 is 20.0 Å². The van der Waals surface area contributed by atoms with Crippen molar-refractivity contribution in [1.82, 2.24) is 18.5 Å². The molecule has 38 heavy (non-hydrogen) atoms. The predicted molar refractivity (Wildman–Crippen MR) is 147 cm³/mol. The largest absolute Gasteiger partial charge is 0.369 e. The van der Waals surface area contributed by atoms with E-state index in [2.05, 4.69) is 21.3 Å². The Kier molecular flexibility index (Phi) is 5.87. The summed E-state index contributed by atoms with van der Waals surface area (Å²) in [5, 5.41) is 0.317. The molecule has 2 fully saturated rings. The first kappa shape index (κ1) is 25.1. The lowest BCUT2D eigenvalue weighted by molar-refractivity contribution is 0.381. The normalized spacial score (nSPS) is 22.7. The summed E-state index contributed by atoms with van der Waals surface area (Å²) < 4.78 is 58.7. The van der Waals surface area contributed by atoms with Crippen molar-refractivity contribution in [2.45, 2.75) is 62.1 Å². The molecule has 10 nitrogen and oxygen atoms in total. The van der Waals surface area contributed by atoms with Crippen LogP contribution in [0.5, 0.6) is 0 Å². The summed E-state index contributed by atoms with van der Waals surface area (Å²) in [5.41, 5.74) is 9.04. The maximum Gasteiger partial charge on any atom is 0.269 e. The molecule has 3 atom stereocenters. The Bertz CT molecular complexity index is 1780. The van der Waals surface area contributed by atoms with Crippen molar-refractivity contribution in [3.05, 3.63) is 48.3 Å². The standard InChI is InChI=1S/C26H30N6O4S2/c1-3-18-12-17(14-29-37(33,34)19-8-9-19)13-23(18)32-24-21-10-11-31(25(21)28-15-22(24)30-26(32)27)38(35,36)20-6-4-16(2)5-7-20/h4-7,10-11,14-15,17-19,23H,3,8-9,12-13H2,1-2H3,(H2,27,30)/t17?,18-,23+/m1/s1. The summed E-state index contributed by atoms with van der Waals surface area (Å²) in [7, 11) is -7.28. The van der Waals surface area contributed by atoms with Crippen molar-refractivity contribution < 1.29 is 16.8 Å². The van der Waals surface area contributed by atoms with Crippen LogP contribution in [0.3, 0.4) is 0 Å². The van der Waals surface area contributed by atoms with Gasteiger partial charge in [-0.25, -0.2) is 30.8 Å². The number of nitrogen functional groups attached to an aromatic ring is 1. The predicted octanol–water partition coefficient (Wildman–Crippen LogP) is 4.05. The van der Waals surface area contributed by atoms with Gasteiger partial charge in [0, 0.05) is 23.8 Å². The molecule has 6 rings (SSSR count). The third-order valence-corrected chi connectivity index (χ3v) is 11.3. The molecule has 1 unspecified atom stereocenters. The van der Waals surface area contributed by atoms with E-state index in [1.165, 1.54) is 10.2 Å². The number of fused-ring (bicyclic) bond motifs is 3. The summed E-state index contributed by atoms with van der Waals surface area (Å²) in [4.78, 5) is 9.19. The van der Waals surface area contributed by atoms with Crippen LogP contribution in [0, 0.1) is 18.8 Å². The molecule has 2 aliphatic rings. The lowest BCUT2D eigenvalue weighted by Gasteiger charge is -2.21. The smallest absolute Gasteiger partial charge is 0.269 e. The van der Waals surface area contributed by atoms with Gasteiger partial charge >= 0.3 is 0 Å². The second-order valence-corrected chi connectivity index (χ2v) is 14.2. The number of sulfonamides is 1. The number of anilines is 1. The van der Waals surface area contributed by atoms with Gasteiger partial charge in [-0.2, -0.15) is 4.40 Å². The zero-order valence-electron chi connectivity index (χ0n) is 21.2. The van der Waals surface area contributed by atoms with Crippen molar-refractivity contribution in [3.63, 3.8) is 0 Å². The summed E-state index contributed by atoms with van der Waals surface area (Å²) in [6.45, 7) is 4.01. The molecule has 0 bridgehead atoms. The number of imidazole rings is 1. The van der Waals surface area contributed by atoms with Gasteiger partial charge in [-0.3, -0.25) is 0 Å². The van der Waals surface area contributed by atoms with E-state index in [1.54, 1.807) is 42.7 Å². The van der Waals surface area contributed by atoms with Gasteiger partial charge in [0.15, 0.2) is 5.65 Å². The van der Waals surface area contributed by atoms with Crippen LogP contribution in [0.25, 0.3) is 22.1 Å². The fourth-order valence-electron chi connectivity index (χ4n) is 5.66. The molecule has 2 saturated carbocycles. The first-order valence-corrected chi connectivity index (χ1v) is 15.8. The molecule has 0 amide bonds. The Morgan fingerprint density at radius 3 is 2.53 bits per heavy atom. The van der Waals surface area contributed by atoms with Gasteiger partial charge in [0.05, 0.1) is 21.9 Å². The van der Waals surface area contributed by atoms with Crippen LogP contribution >= 0.6 is 0 Å². The fourth-order valence-corrected chi connectivity index (χ4v) is 8.21. The van der Waals surface area contributed by atoms with Crippen LogP contribution in [0.2, 0.25) is 0 Å². The molecule has 0 aliphatic heterocycles. The second-order valence-electron chi connectivity index (χ2n) is 10.4. The Labute approximate surface area is 221 Å². The Balaban J connectivity index is 1.42. The highest BCUT2D eigenvalue weighted by Crippen LogP contribution is 2.45. The van der Waals surface area contributed by atoms with Crippen molar-refractivity contribution in [2.24, 2.45) is 16.2 Å². The summed E-state index contributed by atoms with van der Waals surface area (Å²) in [6.07, 6.45) is 8.39. The third-order valence-electron chi connectivity index (χ3n) is 7.85. The van der Waals surface area contributed by atoms with Gasteiger partial charge in [-0.05, 0) is 62.6 Å². The molecular formula is C26H30N6O4S2. The first-order valence-electron chi connectivity index (χ1n) is 12.8.